The maximum atomic E-state index is 10.4. The quantitative estimate of drug-likeness (QED) is 0.280. The molecule has 0 bridgehead atoms. The van der Waals surface area contributed by atoms with Crippen LogP contribution in [-0.2, 0) is 4.79 Å². The SMILES string of the molecule is [CH2-]C(=O)C(C)(C)C.[Na+]. The fourth-order valence-electron chi connectivity index (χ4n) is 0. The number of rotatable bonds is 0. The number of Topliss-reactive ketones (excluding diaryl/α,β-unsaturated/α-hetero) is 1. The van der Waals surface area contributed by atoms with Crippen LogP contribution in [0.2, 0.25) is 0 Å². The van der Waals surface area contributed by atoms with Crippen molar-refractivity contribution < 1.29 is 34.4 Å². The zero-order valence-electron chi connectivity index (χ0n) is 6.12. The van der Waals surface area contributed by atoms with E-state index in [4.69, 9.17) is 0 Å². The molecule has 1 nitrogen and oxygen atoms in total. The van der Waals surface area contributed by atoms with Crippen molar-refractivity contribution in [3.63, 3.8) is 0 Å². The second-order valence-corrected chi connectivity index (χ2v) is 2.67. The number of ketones is 1. The van der Waals surface area contributed by atoms with Gasteiger partial charge in [-0.15, -0.1) is 0 Å². The molecule has 0 radical (unpaired) electrons. The molecule has 0 rings (SSSR count). The van der Waals surface area contributed by atoms with Gasteiger partial charge < -0.3 is 11.7 Å². The summed E-state index contributed by atoms with van der Waals surface area (Å²) in [5.41, 5.74) is -0.250. The Kier molecular flexibility index (Phi) is 5.03. The molecule has 0 aliphatic heterocycles. The molecule has 2 heteroatoms. The molecule has 0 spiro atoms. The monoisotopic (exact) mass is 122 g/mol. The normalized spacial score (nSPS) is 9.88. The molecule has 0 unspecified atom stereocenters. The minimum Gasteiger partial charge on any atom is -0.339 e. The number of hydrogen-bond acceptors (Lipinski definition) is 1. The molecule has 0 aromatic carbocycles. The fourth-order valence-corrected chi connectivity index (χ4v) is 0. The molecule has 0 fully saturated rings. The van der Waals surface area contributed by atoms with Crippen LogP contribution in [0.1, 0.15) is 20.8 Å². The Bertz CT molecular complexity index is 81.0. The number of carbonyl (C=O) groups excluding carboxylic acids is 1. The van der Waals surface area contributed by atoms with Crippen LogP contribution in [0, 0.1) is 12.3 Å². The Morgan fingerprint density at radius 2 is 1.50 bits per heavy atom. The summed E-state index contributed by atoms with van der Waals surface area (Å²) in [6, 6.07) is 0. The molecule has 0 atom stereocenters. The second kappa shape index (κ2) is 3.54. The molecule has 0 aliphatic rings. The fraction of sp³-hybridized carbons (Fsp3) is 0.667. The van der Waals surface area contributed by atoms with E-state index in [0.717, 1.165) is 0 Å². The number of hydrogen-bond donors (Lipinski definition) is 0. The van der Waals surface area contributed by atoms with Crippen molar-refractivity contribution in [2.45, 2.75) is 20.8 Å². The van der Waals surface area contributed by atoms with Crippen molar-refractivity contribution >= 4 is 5.78 Å². The van der Waals surface area contributed by atoms with E-state index in [2.05, 4.69) is 6.92 Å². The number of carbonyl (C=O) groups is 1. The molecule has 0 aromatic heterocycles. The van der Waals surface area contributed by atoms with Crippen molar-refractivity contribution in [1.82, 2.24) is 0 Å². The van der Waals surface area contributed by atoms with Crippen LogP contribution in [-0.4, -0.2) is 5.78 Å². The van der Waals surface area contributed by atoms with Gasteiger partial charge >= 0.3 is 29.6 Å². The maximum Gasteiger partial charge on any atom is 1.00 e. The molecule has 0 aromatic rings. The molecule has 0 saturated carbocycles. The smallest absolute Gasteiger partial charge is 0.339 e. The van der Waals surface area contributed by atoms with E-state index in [9.17, 15) is 4.79 Å². The van der Waals surface area contributed by atoms with Gasteiger partial charge in [-0.05, 0) is 5.41 Å². The molecule has 0 heterocycles. The van der Waals surface area contributed by atoms with E-state index < -0.39 is 0 Å². The molecule has 0 aliphatic carbocycles. The van der Waals surface area contributed by atoms with Gasteiger partial charge in [-0.2, -0.15) is 0 Å². The largest absolute Gasteiger partial charge is 1.00 e. The summed E-state index contributed by atoms with van der Waals surface area (Å²) in [6.07, 6.45) is 0. The van der Waals surface area contributed by atoms with E-state index in [1.165, 1.54) is 0 Å². The molecule has 8 heavy (non-hydrogen) atoms. The molecule has 0 saturated heterocycles. The van der Waals surface area contributed by atoms with Gasteiger partial charge in [-0.1, -0.05) is 20.8 Å². The first-order valence-corrected chi connectivity index (χ1v) is 2.31. The predicted molar refractivity (Wildman–Crippen MR) is 29.8 cm³/mol. The van der Waals surface area contributed by atoms with Gasteiger partial charge in [0.25, 0.3) is 0 Å². The van der Waals surface area contributed by atoms with Gasteiger partial charge in [0.15, 0.2) is 0 Å². The van der Waals surface area contributed by atoms with Crippen LogP contribution in [0.25, 0.3) is 0 Å². The van der Waals surface area contributed by atoms with Crippen LogP contribution in [0.3, 0.4) is 0 Å². The van der Waals surface area contributed by atoms with E-state index in [1.807, 2.05) is 20.8 Å². The summed E-state index contributed by atoms with van der Waals surface area (Å²) in [5.74, 6) is -0.00694. The summed E-state index contributed by atoms with van der Waals surface area (Å²) in [4.78, 5) is 10.4. The van der Waals surface area contributed by atoms with E-state index >= 15 is 0 Å². The van der Waals surface area contributed by atoms with Gasteiger partial charge in [0.05, 0.1) is 0 Å². The average molecular weight is 122 g/mol. The maximum absolute atomic E-state index is 10.4. The first kappa shape index (κ1) is 11.4. The van der Waals surface area contributed by atoms with Crippen molar-refractivity contribution in [3.05, 3.63) is 6.92 Å². The Balaban J connectivity index is 0. The van der Waals surface area contributed by atoms with Crippen LogP contribution < -0.4 is 29.6 Å². The molecule has 0 amide bonds. The van der Waals surface area contributed by atoms with Gasteiger partial charge in [0.1, 0.15) is 0 Å². The zero-order chi connectivity index (χ0) is 6.08. The third kappa shape index (κ3) is 4.69. The minimum atomic E-state index is -0.250. The van der Waals surface area contributed by atoms with E-state index in [-0.39, 0.29) is 40.8 Å². The summed E-state index contributed by atoms with van der Waals surface area (Å²) in [6.45, 7) is 8.82. The molecular weight excluding hydrogens is 111 g/mol. The first-order chi connectivity index (χ1) is 2.94. The summed E-state index contributed by atoms with van der Waals surface area (Å²) < 4.78 is 0. The van der Waals surface area contributed by atoms with Gasteiger partial charge in [-0.25, -0.2) is 0 Å². The van der Waals surface area contributed by atoms with Crippen LogP contribution in [0.5, 0.6) is 0 Å². The van der Waals surface area contributed by atoms with Crippen molar-refractivity contribution in [2.75, 3.05) is 0 Å². The Labute approximate surface area is 73.1 Å². The van der Waals surface area contributed by atoms with Gasteiger partial charge in [0.2, 0.25) is 0 Å². The summed E-state index contributed by atoms with van der Waals surface area (Å²) >= 11 is 0. The van der Waals surface area contributed by atoms with Gasteiger partial charge in [0, 0.05) is 5.78 Å². The average Bonchev–Trinajstić information content (AvgIpc) is 1.31. The van der Waals surface area contributed by atoms with E-state index in [1.54, 1.807) is 0 Å². The zero-order valence-corrected chi connectivity index (χ0v) is 8.12. The first-order valence-electron chi connectivity index (χ1n) is 2.31. The Hall–Kier alpha value is 0.540. The van der Waals surface area contributed by atoms with Crippen molar-refractivity contribution in [1.29, 1.82) is 0 Å². The topological polar surface area (TPSA) is 17.1 Å². The summed E-state index contributed by atoms with van der Waals surface area (Å²) in [7, 11) is 0. The predicted octanol–water partition coefficient (Wildman–Crippen LogP) is -1.56. The van der Waals surface area contributed by atoms with E-state index in [0.29, 0.717) is 0 Å². The van der Waals surface area contributed by atoms with Crippen molar-refractivity contribution in [3.8, 4) is 0 Å². The Morgan fingerprint density at radius 3 is 1.50 bits per heavy atom. The molecule has 0 N–H and O–H groups in total. The van der Waals surface area contributed by atoms with Crippen molar-refractivity contribution in [2.24, 2.45) is 5.41 Å². The minimum absolute atomic E-state index is 0. The molecular formula is C6H11NaO. The van der Waals surface area contributed by atoms with Crippen LogP contribution >= 0.6 is 0 Å². The standard InChI is InChI=1S/C6H11O.Na/c1-5(7)6(2,3)4;/h1H2,2-4H3;/q-1;+1. The van der Waals surface area contributed by atoms with Gasteiger partial charge in [-0.3, -0.25) is 0 Å². The third-order valence-electron chi connectivity index (χ3n) is 0.837. The van der Waals surface area contributed by atoms with Crippen LogP contribution in [0.15, 0.2) is 0 Å². The second-order valence-electron chi connectivity index (χ2n) is 2.67. The third-order valence-corrected chi connectivity index (χ3v) is 0.837. The molecule has 42 valence electrons. The Morgan fingerprint density at radius 1 is 1.38 bits per heavy atom. The summed E-state index contributed by atoms with van der Waals surface area (Å²) in [5, 5.41) is 0. The van der Waals surface area contributed by atoms with Crippen LogP contribution in [0.4, 0.5) is 0 Å².